The maximum Gasteiger partial charge on any atom is 0.154 e. The van der Waals surface area contributed by atoms with E-state index >= 15 is 0 Å². The van der Waals surface area contributed by atoms with Crippen molar-refractivity contribution in [2.45, 2.75) is 25.9 Å². The summed E-state index contributed by atoms with van der Waals surface area (Å²) in [6.07, 6.45) is 1.84. The molecule has 3 unspecified atom stereocenters. The average Bonchev–Trinajstić information content (AvgIpc) is 2.87. The molecular weight excluding hydrogens is 246 g/mol. The Bertz CT molecular complexity index is 319. The molecular formula is C9H14BrN3O. The molecule has 1 aromatic rings. The fraction of sp³-hybridized carbons (Fsp3) is 0.778. The molecule has 14 heavy (non-hydrogen) atoms. The Morgan fingerprint density at radius 2 is 2.43 bits per heavy atom. The molecule has 0 radical (unpaired) electrons. The van der Waals surface area contributed by atoms with Gasteiger partial charge in [0.25, 0.3) is 0 Å². The van der Waals surface area contributed by atoms with Gasteiger partial charge in [-0.25, -0.2) is 4.68 Å². The number of aliphatic hydroxyl groups is 1. The minimum atomic E-state index is -0.422. The SMILES string of the molecule is CCC1CC1C(O)c1c(Br)nnn1C. The predicted molar refractivity (Wildman–Crippen MR) is 55.6 cm³/mol. The molecule has 78 valence electrons. The zero-order valence-electron chi connectivity index (χ0n) is 8.31. The summed E-state index contributed by atoms with van der Waals surface area (Å²) in [5, 5.41) is 17.8. The first-order chi connectivity index (χ1) is 6.65. The van der Waals surface area contributed by atoms with Crippen LogP contribution in [0.15, 0.2) is 4.60 Å². The molecule has 4 nitrogen and oxygen atoms in total. The molecule has 1 aliphatic rings. The van der Waals surface area contributed by atoms with Crippen LogP contribution >= 0.6 is 15.9 Å². The monoisotopic (exact) mass is 259 g/mol. The Morgan fingerprint density at radius 3 is 2.86 bits per heavy atom. The van der Waals surface area contributed by atoms with Crippen LogP contribution in [0.25, 0.3) is 0 Å². The Morgan fingerprint density at radius 1 is 1.71 bits per heavy atom. The van der Waals surface area contributed by atoms with Gasteiger partial charge in [-0.1, -0.05) is 18.6 Å². The van der Waals surface area contributed by atoms with E-state index in [0.717, 1.165) is 18.5 Å². The number of hydrogen-bond acceptors (Lipinski definition) is 3. The molecule has 0 bridgehead atoms. The fourth-order valence-electron chi connectivity index (χ4n) is 1.98. The third-order valence-electron chi connectivity index (χ3n) is 3.01. The van der Waals surface area contributed by atoms with Crippen LogP contribution in [0.3, 0.4) is 0 Å². The highest BCUT2D eigenvalue weighted by Crippen LogP contribution is 2.49. The van der Waals surface area contributed by atoms with Crippen LogP contribution < -0.4 is 0 Å². The second-order valence-electron chi connectivity index (χ2n) is 3.90. The second kappa shape index (κ2) is 3.62. The van der Waals surface area contributed by atoms with E-state index in [4.69, 9.17) is 0 Å². The lowest BCUT2D eigenvalue weighted by atomic mass is 10.1. The zero-order valence-corrected chi connectivity index (χ0v) is 9.90. The van der Waals surface area contributed by atoms with Gasteiger partial charge in [0, 0.05) is 7.05 Å². The second-order valence-corrected chi connectivity index (χ2v) is 4.65. The van der Waals surface area contributed by atoms with Gasteiger partial charge < -0.3 is 5.11 Å². The minimum absolute atomic E-state index is 0.397. The summed E-state index contributed by atoms with van der Waals surface area (Å²) in [6, 6.07) is 0. The fourth-order valence-corrected chi connectivity index (χ4v) is 2.54. The van der Waals surface area contributed by atoms with Crippen molar-refractivity contribution >= 4 is 15.9 Å². The molecule has 1 aromatic heterocycles. The van der Waals surface area contributed by atoms with Crippen molar-refractivity contribution < 1.29 is 5.11 Å². The van der Waals surface area contributed by atoms with Crippen molar-refractivity contribution in [3.8, 4) is 0 Å². The Kier molecular flexibility index (Phi) is 2.62. The summed E-state index contributed by atoms with van der Waals surface area (Å²) in [7, 11) is 1.81. The number of hydrogen-bond donors (Lipinski definition) is 1. The van der Waals surface area contributed by atoms with E-state index in [2.05, 4.69) is 33.2 Å². The van der Waals surface area contributed by atoms with Crippen LogP contribution in [0.2, 0.25) is 0 Å². The smallest absolute Gasteiger partial charge is 0.154 e. The van der Waals surface area contributed by atoms with E-state index in [0.29, 0.717) is 16.4 Å². The molecule has 1 heterocycles. The lowest BCUT2D eigenvalue weighted by molar-refractivity contribution is 0.136. The molecule has 1 saturated carbocycles. The molecule has 0 amide bonds. The van der Waals surface area contributed by atoms with Crippen LogP contribution in [0, 0.1) is 11.8 Å². The molecule has 0 saturated heterocycles. The summed E-state index contributed by atoms with van der Waals surface area (Å²) in [6.45, 7) is 2.16. The van der Waals surface area contributed by atoms with Crippen molar-refractivity contribution in [3.63, 3.8) is 0 Å². The van der Waals surface area contributed by atoms with Crippen molar-refractivity contribution in [2.24, 2.45) is 18.9 Å². The first-order valence-corrected chi connectivity index (χ1v) is 5.67. The number of aliphatic hydroxyl groups excluding tert-OH is 1. The van der Waals surface area contributed by atoms with Crippen LogP contribution in [-0.2, 0) is 7.05 Å². The van der Waals surface area contributed by atoms with Crippen LogP contribution in [-0.4, -0.2) is 20.1 Å². The zero-order chi connectivity index (χ0) is 10.3. The maximum atomic E-state index is 10.1. The first kappa shape index (κ1) is 10.1. The van der Waals surface area contributed by atoms with E-state index in [-0.39, 0.29) is 0 Å². The van der Waals surface area contributed by atoms with Crippen LogP contribution in [0.4, 0.5) is 0 Å². The van der Waals surface area contributed by atoms with Gasteiger partial charge in [0.15, 0.2) is 4.60 Å². The van der Waals surface area contributed by atoms with Crippen molar-refractivity contribution in [1.82, 2.24) is 15.0 Å². The van der Waals surface area contributed by atoms with Gasteiger partial charge in [0.1, 0.15) is 11.8 Å². The quantitative estimate of drug-likeness (QED) is 0.899. The average molecular weight is 260 g/mol. The molecule has 5 heteroatoms. The summed E-state index contributed by atoms with van der Waals surface area (Å²) in [5.74, 6) is 1.07. The number of nitrogens with zero attached hydrogens (tertiary/aromatic N) is 3. The Balaban J connectivity index is 2.15. The largest absolute Gasteiger partial charge is 0.386 e. The van der Waals surface area contributed by atoms with Crippen LogP contribution in [0.5, 0.6) is 0 Å². The van der Waals surface area contributed by atoms with E-state index in [9.17, 15) is 5.11 Å². The van der Waals surface area contributed by atoms with Gasteiger partial charge in [0.05, 0.1) is 0 Å². The third-order valence-corrected chi connectivity index (χ3v) is 3.58. The molecule has 2 rings (SSSR count). The number of aromatic nitrogens is 3. The predicted octanol–water partition coefficient (Wildman–Crippen LogP) is 1.66. The molecule has 1 fully saturated rings. The van der Waals surface area contributed by atoms with E-state index < -0.39 is 6.10 Å². The topological polar surface area (TPSA) is 50.9 Å². The first-order valence-electron chi connectivity index (χ1n) is 4.88. The van der Waals surface area contributed by atoms with Crippen molar-refractivity contribution in [1.29, 1.82) is 0 Å². The highest BCUT2D eigenvalue weighted by molar-refractivity contribution is 9.10. The van der Waals surface area contributed by atoms with Gasteiger partial charge in [-0.3, -0.25) is 0 Å². The standard InChI is InChI=1S/C9H14BrN3O/c1-3-5-4-6(5)8(14)7-9(10)11-12-13(7)2/h5-6,8,14H,3-4H2,1-2H3. The van der Waals surface area contributed by atoms with Crippen LogP contribution in [0.1, 0.15) is 31.6 Å². The number of halogens is 1. The van der Waals surface area contributed by atoms with Gasteiger partial charge >= 0.3 is 0 Å². The van der Waals surface area contributed by atoms with Gasteiger partial charge in [0.2, 0.25) is 0 Å². The van der Waals surface area contributed by atoms with E-state index in [1.165, 1.54) is 0 Å². The number of rotatable bonds is 3. The van der Waals surface area contributed by atoms with Crippen molar-refractivity contribution in [3.05, 3.63) is 10.3 Å². The minimum Gasteiger partial charge on any atom is -0.386 e. The molecule has 0 aromatic carbocycles. The summed E-state index contributed by atoms with van der Waals surface area (Å²) in [4.78, 5) is 0. The maximum absolute atomic E-state index is 10.1. The van der Waals surface area contributed by atoms with Gasteiger partial charge in [-0.15, -0.1) is 5.10 Å². The third kappa shape index (κ3) is 1.59. The highest BCUT2D eigenvalue weighted by Gasteiger charge is 2.43. The molecule has 3 atom stereocenters. The van der Waals surface area contributed by atoms with E-state index in [1.54, 1.807) is 11.7 Å². The number of aryl methyl sites for hydroxylation is 1. The van der Waals surface area contributed by atoms with Crippen molar-refractivity contribution in [2.75, 3.05) is 0 Å². The highest BCUT2D eigenvalue weighted by atomic mass is 79.9. The Labute approximate surface area is 91.4 Å². The summed E-state index contributed by atoms with van der Waals surface area (Å²) < 4.78 is 2.30. The normalized spacial score (nSPS) is 27.7. The molecule has 0 aliphatic heterocycles. The van der Waals surface area contributed by atoms with Gasteiger partial charge in [-0.2, -0.15) is 0 Å². The lowest BCUT2D eigenvalue weighted by Gasteiger charge is -2.09. The molecule has 0 spiro atoms. The summed E-state index contributed by atoms with van der Waals surface area (Å²) >= 11 is 3.30. The lowest BCUT2D eigenvalue weighted by Crippen LogP contribution is -2.08. The Hall–Kier alpha value is -0.420. The summed E-state index contributed by atoms with van der Waals surface area (Å²) in [5.41, 5.74) is 0.797. The molecule has 1 aliphatic carbocycles. The molecule has 1 N–H and O–H groups in total. The van der Waals surface area contributed by atoms with E-state index in [1.807, 2.05) is 0 Å². The van der Waals surface area contributed by atoms with Gasteiger partial charge in [-0.05, 0) is 34.2 Å².